The van der Waals surface area contributed by atoms with E-state index in [1.807, 2.05) is 41.1 Å². The molecule has 0 N–H and O–H groups in total. The normalized spacial score (nSPS) is 10.7. The fourth-order valence-electron chi connectivity index (χ4n) is 2.34. The fraction of sp³-hybridized carbons (Fsp3) is 0.118. The number of halogens is 1. The first-order valence-electron chi connectivity index (χ1n) is 6.56. The Morgan fingerprint density at radius 3 is 2.15 bits per heavy atom. The molecule has 3 heteroatoms. The predicted molar refractivity (Wildman–Crippen MR) is 86.4 cm³/mol. The molecule has 0 unspecified atom stereocenters. The van der Waals surface area contributed by atoms with Gasteiger partial charge >= 0.3 is 0 Å². The second-order valence-corrected chi connectivity index (χ2v) is 5.23. The summed E-state index contributed by atoms with van der Waals surface area (Å²) in [5, 5.41) is 5.59. The van der Waals surface area contributed by atoms with Crippen LogP contribution in [0.1, 0.15) is 11.3 Å². The minimum absolute atomic E-state index is 0.785. The first-order valence-corrected chi connectivity index (χ1v) is 7.68. The molecule has 1 aromatic heterocycles. The van der Waals surface area contributed by atoms with Crippen molar-refractivity contribution in [2.24, 2.45) is 0 Å². The number of alkyl halides is 1. The molecule has 0 bridgehead atoms. The van der Waals surface area contributed by atoms with E-state index in [1.54, 1.807) is 0 Å². The average molecular weight is 327 g/mol. The summed E-state index contributed by atoms with van der Waals surface area (Å²) in [6, 6.07) is 20.6. The molecular formula is C17H15BrN2. The van der Waals surface area contributed by atoms with Gasteiger partial charge in [0.15, 0.2) is 0 Å². The van der Waals surface area contributed by atoms with Crippen molar-refractivity contribution in [2.75, 3.05) is 0 Å². The third-order valence-corrected chi connectivity index (χ3v) is 3.95. The van der Waals surface area contributed by atoms with E-state index in [0.717, 1.165) is 22.3 Å². The van der Waals surface area contributed by atoms with E-state index in [4.69, 9.17) is 5.10 Å². The zero-order valence-corrected chi connectivity index (χ0v) is 12.8. The van der Waals surface area contributed by atoms with Crippen molar-refractivity contribution < 1.29 is 0 Å². The van der Waals surface area contributed by atoms with E-state index in [9.17, 15) is 0 Å². The van der Waals surface area contributed by atoms with E-state index in [-0.39, 0.29) is 0 Å². The number of nitrogens with zero attached hydrogens (tertiary/aromatic N) is 2. The Kier molecular flexibility index (Phi) is 3.70. The summed E-state index contributed by atoms with van der Waals surface area (Å²) in [5.74, 6) is 0. The molecule has 0 saturated carbocycles. The second-order valence-electron chi connectivity index (χ2n) is 4.67. The highest BCUT2D eigenvalue weighted by molar-refractivity contribution is 9.08. The van der Waals surface area contributed by atoms with Crippen molar-refractivity contribution in [3.63, 3.8) is 0 Å². The summed E-state index contributed by atoms with van der Waals surface area (Å²) in [6.45, 7) is 2.13. The lowest BCUT2D eigenvalue weighted by molar-refractivity contribution is 0.845. The van der Waals surface area contributed by atoms with E-state index in [2.05, 4.69) is 47.1 Å². The zero-order chi connectivity index (χ0) is 13.9. The monoisotopic (exact) mass is 326 g/mol. The lowest BCUT2D eigenvalue weighted by Gasteiger charge is -2.05. The molecule has 0 atom stereocenters. The topological polar surface area (TPSA) is 17.8 Å². The molecule has 3 rings (SSSR count). The maximum absolute atomic E-state index is 4.81. The van der Waals surface area contributed by atoms with E-state index >= 15 is 0 Å². The molecule has 0 amide bonds. The minimum Gasteiger partial charge on any atom is -0.236 e. The number of rotatable bonds is 3. The van der Waals surface area contributed by atoms with Crippen LogP contribution in [0.25, 0.3) is 16.9 Å². The van der Waals surface area contributed by atoms with Crippen LogP contribution in [-0.4, -0.2) is 9.78 Å². The van der Waals surface area contributed by atoms with Crippen LogP contribution in [0.3, 0.4) is 0 Å². The highest BCUT2D eigenvalue weighted by Gasteiger charge is 2.15. The SMILES string of the molecule is Cc1c(-c2ccccc2)nn(-c2ccccc2)c1CBr. The number of aromatic nitrogens is 2. The number of hydrogen-bond donors (Lipinski definition) is 0. The smallest absolute Gasteiger partial charge is 0.0959 e. The first kappa shape index (κ1) is 13.1. The van der Waals surface area contributed by atoms with Crippen molar-refractivity contribution in [2.45, 2.75) is 12.3 Å². The van der Waals surface area contributed by atoms with Crippen LogP contribution in [0.15, 0.2) is 60.7 Å². The Labute approximate surface area is 127 Å². The van der Waals surface area contributed by atoms with Gasteiger partial charge in [0.2, 0.25) is 0 Å². The van der Waals surface area contributed by atoms with Gasteiger partial charge in [0.05, 0.1) is 17.1 Å². The number of para-hydroxylation sites is 1. The molecule has 0 aliphatic heterocycles. The fourth-order valence-corrected chi connectivity index (χ4v) is 3.00. The van der Waals surface area contributed by atoms with Gasteiger partial charge in [0.1, 0.15) is 0 Å². The summed E-state index contributed by atoms with van der Waals surface area (Å²) in [7, 11) is 0. The van der Waals surface area contributed by atoms with Crippen LogP contribution in [0.2, 0.25) is 0 Å². The van der Waals surface area contributed by atoms with Crippen molar-refractivity contribution >= 4 is 15.9 Å². The van der Waals surface area contributed by atoms with Gasteiger partial charge in [-0.1, -0.05) is 64.5 Å². The molecule has 2 aromatic carbocycles. The molecule has 0 radical (unpaired) electrons. The molecule has 100 valence electrons. The van der Waals surface area contributed by atoms with Gasteiger partial charge in [0, 0.05) is 10.9 Å². The second kappa shape index (κ2) is 5.63. The molecule has 0 aliphatic rings. The highest BCUT2D eigenvalue weighted by atomic mass is 79.9. The Balaban J connectivity index is 2.18. The molecule has 1 heterocycles. The summed E-state index contributed by atoms with van der Waals surface area (Å²) in [4.78, 5) is 0. The maximum atomic E-state index is 4.81. The van der Waals surface area contributed by atoms with Crippen LogP contribution in [0.4, 0.5) is 0 Å². The molecule has 0 aliphatic carbocycles. The third kappa shape index (κ3) is 2.29. The molecule has 0 spiro atoms. The first-order chi connectivity index (χ1) is 9.81. The summed E-state index contributed by atoms with van der Waals surface area (Å²) >= 11 is 3.58. The van der Waals surface area contributed by atoms with E-state index < -0.39 is 0 Å². The molecule has 0 saturated heterocycles. The highest BCUT2D eigenvalue weighted by Crippen LogP contribution is 2.27. The van der Waals surface area contributed by atoms with E-state index in [0.29, 0.717) is 0 Å². The van der Waals surface area contributed by atoms with Gasteiger partial charge in [0.25, 0.3) is 0 Å². The largest absolute Gasteiger partial charge is 0.236 e. The molecular weight excluding hydrogens is 312 g/mol. The summed E-state index contributed by atoms with van der Waals surface area (Å²) in [6.07, 6.45) is 0. The molecule has 3 aromatic rings. The van der Waals surface area contributed by atoms with Crippen molar-refractivity contribution in [3.8, 4) is 16.9 Å². The quantitative estimate of drug-likeness (QED) is 0.635. The van der Waals surface area contributed by atoms with Gasteiger partial charge in [-0.3, -0.25) is 0 Å². The average Bonchev–Trinajstić information content (AvgIpc) is 2.86. The number of hydrogen-bond acceptors (Lipinski definition) is 1. The van der Waals surface area contributed by atoms with Crippen molar-refractivity contribution in [1.82, 2.24) is 9.78 Å². The zero-order valence-electron chi connectivity index (χ0n) is 11.3. The summed E-state index contributed by atoms with van der Waals surface area (Å²) in [5.41, 5.74) is 5.70. The van der Waals surface area contributed by atoms with Crippen LogP contribution < -0.4 is 0 Å². The molecule has 2 nitrogen and oxygen atoms in total. The van der Waals surface area contributed by atoms with Crippen molar-refractivity contribution in [1.29, 1.82) is 0 Å². The Bertz CT molecular complexity index is 703. The number of benzene rings is 2. The summed E-state index contributed by atoms with van der Waals surface area (Å²) < 4.78 is 2.02. The standard InChI is InChI=1S/C17H15BrN2/c1-13-16(12-18)20(15-10-6-3-7-11-15)19-17(13)14-8-4-2-5-9-14/h2-11H,12H2,1H3. The molecule has 0 fully saturated rings. The van der Waals surface area contributed by atoms with Gasteiger partial charge < -0.3 is 0 Å². The van der Waals surface area contributed by atoms with E-state index in [1.165, 1.54) is 11.3 Å². The van der Waals surface area contributed by atoms with Crippen LogP contribution in [0, 0.1) is 6.92 Å². The van der Waals surface area contributed by atoms with Crippen LogP contribution >= 0.6 is 15.9 Å². The third-order valence-electron chi connectivity index (χ3n) is 3.42. The Hall–Kier alpha value is -1.87. The minimum atomic E-state index is 0.785. The maximum Gasteiger partial charge on any atom is 0.0959 e. The van der Waals surface area contributed by atoms with Crippen molar-refractivity contribution in [3.05, 3.63) is 71.9 Å². The lowest BCUT2D eigenvalue weighted by Crippen LogP contribution is -2.00. The Morgan fingerprint density at radius 1 is 0.950 bits per heavy atom. The lowest BCUT2D eigenvalue weighted by atomic mass is 10.1. The van der Waals surface area contributed by atoms with Gasteiger partial charge in [-0.05, 0) is 24.6 Å². The van der Waals surface area contributed by atoms with Gasteiger partial charge in [-0.15, -0.1) is 0 Å². The van der Waals surface area contributed by atoms with Gasteiger partial charge in [-0.2, -0.15) is 5.10 Å². The van der Waals surface area contributed by atoms with Gasteiger partial charge in [-0.25, -0.2) is 4.68 Å². The predicted octanol–water partition coefficient (Wildman–Crippen LogP) is 4.74. The van der Waals surface area contributed by atoms with Crippen LogP contribution in [0.5, 0.6) is 0 Å². The molecule has 20 heavy (non-hydrogen) atoms. The van der Waals surface area contributed by atoms with Crippen LogP contribution in [-0.2, 0) is 5.33 Å². The Morgan fingerprint density at radius 2 is 1.55 bits per heavy atom.